The first-order chi connectivity index (χ1) is 10.9. The first-order valence-corrected chi connectivity index (χ1v) is 9.31. The van der Waals surface area contributed by atoms with Crippen molar-refractivity contribution in [2.24, 2.45) is 11.7 Å². The molecule has 2 rings (SSSR count). The lowest BCUT2D eigenvalue weighted by atomic mass is 9.91. The summed E-state index contributed by atoms with van der Waals surface area (Å²) >= 11 is 0. The number of sulfonamides is 1. The van der Waals surface area contributed by atoms with Gasteiger partial charge in [-0.25, -0.2) is 13.1 Å². The van der Waals surface area contributed by atoms with Crippen LogP contribution in [0, 0.1) is 5.92 Å². The van der Waals surface area contributed by atoms with E-state index >= 15 is 0 Å². The Morgan fingerprint density at radius 3 is 2.56 bits per heavy atom. The highest BCUT2D eigenvalue weighted by molar-refractivity contribution is 7.89. The Kier molecular flexibility index (Phi) is 10.5. The average Bonchev–Trinajstić information content (AvgIpc) is 2.55. The molecule has 1 aromatic rings. The van der Waals surface area contributed by atoms with Gasteiger partial charge < -0.3 is 10.6 Å². The van der Waals surface area contributed by atoms with Crippen LogP contribution in [0.5, 0.6) is 0 Å². The molecular formula is C15H26Cl2N4O3S. The number of hydrogen-bond donors (Lipinski definition) is 2. The summed E-state index contributed by atoms with van der Waals surface area (Å²) in [5, 5.41) is 0. The largest absolute Gasteiger partial charge is 0.343 e. The zero-order chi connectivity index (χ0) is 16.9. The van der Waals surface area contributed by atoms with Crippen molar-refractivity contribution in [2.75, 3.05) is 19.6 Å². The molecule has 7 nitrogen and oxygen atoms in total. The number of pyridine rings is 1. The molecule has 1 aromatic heterocycles. The second kappa shape index (κ2) is 10.9. The number of carbonyl (C=O) groups is 1. The van der Waals surface area contributed by atoms with Gasteiger partial charge >= 0.3 is 0 Å². The van der Waals surface area contributed by atoms with Crippen molar-refractivity contribution in [2.45, 2.75) is 37.1 Å². The van der Waals surface area contributed by atoms with Gasteiger partial charge in [0.25, 0.3) is 0 Å². The molecule has 1 amide bonds. The molecule has 25 heavy (non-hydrogen) atoms. The van der Waals surface area contributed by atoms with Crippen LogP contribution < -0.4 is 10.5 Å². The number of carbonyl (C=O) groups excluding carboxylic acids is 1. The van der Waals surface area contributed by atoms with Gasteiger partial charge in [-0.2, -0.15) is 0 Å². The number of piperidine rings is 1. The Bertz CT molecular complexity index is 621. The van der Waals surface area contributed by atoms with Gasteiger partial charge in [-0.15, -0.1) is 24.8 Å². The Morgan fingerprint density at radius 1 is 1.40 bits per heavy atom. The summed E-state index contributed by atoms with van der Waals surface area (Å²) in [4.78, 5) is 17.8. The lowest BCUT2D eigenvalue weighted by molar-refractivity contribution is -0.132. The van der Waals surface area contributed by atoms with E-state index in [0.717, 1.165) is 12.8 Å². The van der Waals surface area contributed by atoms with E-state index in [-0.39, 0.29) is 54.6 Å². The predicted octanol–water partition coefficient (Wildman–Crippen LogP) is 1.18. The Hall–Kier alpha value is -0.930. The van der Waals surface area contributed by atoms with Gasteiger partial charge in [0.15, 0.2) is 0 Å². The molecule has 0 radical (unpaired) electrons. The van der Waals surface area contributed by atoms with Crippen molar-refractivity contribution in [3.8, 4) is 0 Å². The molecule has 10 heteroatoms. The van der Waals surface area contributed by atoms with E-state index in [1.807, 2.05) is 6.92 Å². The molecule has 2 heterocycles. The lowest BCUT2D eigenvalue weighted by Gasteiger charge is -2.33. The van der Waals surface area contributed by atoms with Gasteiger partial charge in [-0.3, -0.25) is 9.78 Å². The predicted molar refractivity (Wildman–Crippen MR) is 101 cm³/mol. The van der Waals surface area contributed by atoms with Crippen LogP contribution in [0.25, 0.3) is 0 Å². The van der Waals surface area contributed by atoms with Crippen molar-refractivity contribution in [1.29, 1.82) is 0 Å². The van der Waals surface area contributed by atoms with E-state index in [0.29, 0.717) is 19.0 Å². The highest BCUT2D eigenvalue weighted by atomic mass is 35.5. The molecule has 1 aliphatic rings. The van der Waals surface area contributed by atoms with E-state index in [9.17, 15) is 13.2 Å². The smallest absolute Gasteiger partial charge is 0.242 e. The third-order valence-corrected chi connectivity index (χ3v) is 5.66. The van der Waals surface area contributed by atoms with Crippen LogP contribution in [0.2, 0.25) is 0 Å². The molecule has 0 aliphatic carbocycles. The summed E-state index contributed by atoms with van der Waals surface area (Å²) in [6.07, 6.45) is 4.76. The third-order valence-electron chi connectivity index (χ3n) is 4.21. The number of rotatable bonds is 6. The number of likely N-dealkylation sites (tertiary alicyclic amines) is 1. The average molecular weight is 413 g/mol. The number of hydrogen-bond acceptors (Lipinski definition) is 5. The molecule has 0 aromatic carbocycles. The van der Waals surface area contributed by atoms with Gasteiger partial charge in [-0.1, -0.05) is 0 Å². The van der Waals surface area contributed by atoms with Crippen LogP contribution in [0.4, 0.5) is 0 Å². The molecule has 1 saturated heterocycles. The summed E-state index contributed by atoms with van der Waals surface area (Å²) in [6.45, 7) is 3.47. The molecular weight excluding hydrogens is 387 g/mol. The van der Waals surface area contributed by atoms with E-state index in [4.69, 9.17) is 5.73 Å². The van der Waals surface area contributed by atoms with Gasteiger partial charge in [0.2, 0.25) is 15.9 Å². The fourth-order valence-corrected chi connectivity index (χ4v) is 3.71. The Labute approximate surface area is 161 Å². The van der Waals surface area contributed by atoms with E-state index in [1.54, 1.807) is 11.0 Å². The molecule has 1 unspecified atom stereocenters. The first kappa shape index (κ1) is 24.1. The van der Waals surface area contributed by atoms with Crippen LogP contribution in [0.3, 0.4) is 0 Å². The van der Waals surface area contributed by atoms with Crippen molar-refractivity contribution in [1.82, 2.24) is 14.6 Å². The minimum atomic E-state index is -3.61. The van der Waals surface area contributed by atoms with E-state index in [2.05, 4.69) is 9.71 Å². The van der Waals surface area contributed by atoms with Crippen LogP contribution in [-0.2, 0) is 14.8 Å². The van der Waals surface area contributed by atoms with Crippen molar-refractivity contribution < 1.29 is 13.2 Å². The molecule has 3 N–H and O–H groups in total. The molecule has 144 valence electrons. The van der Waals surface area contributed by atoms with Crippen LogP contribution >= 0.6 is 24.8 Å². The molecule has 0 bridgehead atoms. The fraction of sp³-hybridized carbons (Fsp3) is 0.600. The molecule has 0 spiro atoms. The Morgan fingerprint density at radius 2 is 2.04 bits per heavy atom. The van der Waals surface area contributed by atoms with Crippen LogP contribution in [0.15, 0.2) is 29.4 Å². The fourth-order valence-electron chi connectivity index (χ4n) is 2.71. The molecule has 1 atom stereocenters. The standard InChI is InChI=1S/C15H24N4O3S.2ClH/c1-12(16)13-5-9-19(10-6-13)15(20)4-8-18-23(21,22)14-3-2-7-17-11-14;;/h2-3,7,11-13,18H,4-6,8-10,16H2,1H3;2*1H. The number of amides is 1. The maximum Gasteiger partial charge on any atom is 0.242 e. The van der Waals surface area contributed by atoms with Gasteiger partial charge in [0, 0.05) is 44.5 Å². The summed E-state index contributed by atoms with van der Waals surface area (Å²) < 4.78 is 26.5. The van der Waals surface area contributed by atoms with Crippen LogP contribution in [0.1, 0.15) is 26.2 Å². The Balaban J connectivity index is 0.00000288. The molecule has 1 aliphatic heterocycles. The number of halogens is 2. The van der Waals surface area contributed by atoms with Crippen molar-refractivity contribution >= 4 is 40.7 Å². The van der Waals surface area contributed by atoms with Gasteiger partial charge in [0.1, 0.15) is 4.90 Å². The topological polar surface area (TPSA) is 105 Å². The highest BCUT2D eigenvalue weighted by Crippen LogP contribution is 2.19. The number of aromatic nitrogens is 1. The summed E-state index contributed by atoms with van der Waals surface area (Å²) in [5.74, 6) is 0.435. The van der Waals surface area contributed by atoms with E-state index in [1.165, 1.54) is 18.5 Å². The lowest BCUT2D eigenvalue weighted by Crippen LogP contribution is -2.43. The van der Waals surface area contributed by atoms with Crippen molar-refractivity contribution in [3.05, 3.63) is 24.5 Å². The monoisotopic (exact) mass is 412 g/mol. The number of nitrogens with zero attached hydrogens (tertiary/aromatic N) is 2. The van der Waals surface area contributed by atoms with E-state index < -0.39 is 10.0 Å². The summed E-state index contributed by atoms with van der Waals surface area (Å²) in [6, 6.07) is 3.18. The maximum atomic E-state index is 12.1. The van der Waals surface area contributed by atoms with Crippen LogP contribution in [-0.4, -0.2) is 49.9 Å². The second-order valence-corrected chi connectivity index (χ2v) is 7.68. The first-order valence-electron chi connectivity index (χ1n) is 7.83. The zero-order valence-electron chi connectivity index (χ0n) is 14.1. The summed E-state index contributed by atoms with van der Waals surface area (Å²) in [7, 11) is -3.61. The van der Waals surface area contributed by atoms with Crippen molar-refractivity contribution in [3.63, 3.8) is 0 Å². The molecule has 1 fully saturated rings. The quantitative estimate of drug-likeness (QED) is 0.729. The second-order valence-electron chi connectivity index (χ2n) is 5.91. The minimum absolute atomic E-state index is 0. The highest BCUT2D eigenvalue weighted by Gasteiger charge is 2.24. The normalized spacial score (nSPS) is 16.5. The SMILES string of the molecule is CC(N)C1CCN(C(=O)CCNS(=O)(=O)c2cccnc2)CC1.Cl.Cl. The van der Waals surface area contributed by atoms with Gasteiger partial charge in [0.05, 0.1) is 0 Å². The summed E-state index contributed by atoms with van der Waals surface area (Å²) in [5.41, 5.74) is 5.89. The zero-order valence-corrected chi connectivity index (χ0v) is 16.6. The molecule has 0 saturated carbocycles. The third kappa shape index (κ3) is 7.07. The number of nitrogens with two attached hydrogens (primary N) is 1. The maximum absolute atomic E-state index is 12.1. The minimum Gasteiger partial charge on any atom is -0.343 e. The number of nitrogens with one attached hydrogen (secondary N) is 1. The van der Waals surface area contributed by atoms with Gasteiger partial charge in [-0.05, 0) is 37.8 Å².